The van der Waals surface area contributed by atoms with Crippen LogP contribution < -0.4 is 15.0 Å². The van der Waals surface area contributed by atoms with Crippen molar-refractivity contribution in [2.24, 2.45) is 0 Å². The van der Waals surface area contributed by atoms with E-state index in [0.717, 1.165) is 18.8 Å². The first kappa shape index (κ1) is 19.9. The van der Waals surface area contributed by atoms with E-state index in [2.05, 4.69) is 10.2 Å². The van der Waals surface area contributed by atoms with E-state index in [1.54, 1.807) is 6.92 Å². The van der Waals surface area contributed by atoms with Crippen LogP contribution in [0.3, 0.4) is 0 Å². The predicted octanol–water partition coefficient (Wildman–Crippen LogP) is 4.64. The van der Waals surface area contributed by atoms with Gasteiger partial charge in [0.25, 0.3) is 11.6 Å². The van der Waals surface area contributed by atoms with Gasteiger partial charge in [-0.25, -0.2) is 0 Å². The SMILES string of the molecule is C[C@@H](Oc1ccc([N+](=O)[O-])cc1Cl)C(=O)Nc1ccc(N2CCCCC2)cc1. The van der Waals surface area contributed by atoms with Gasteiger partial charge in [-0.2, -0.15) is 0 Å². The van der Waals surface area contributed by atoms with Crippen LogP contribution in [0.2, 0.25) is 5.02 Å². The molecule has 2 aromatic carbocycles. The van der Waals surface area contributed by atoms with Crippen molar-refractivity contribution in [2.75, 3.05) is 23.3 Å². The van der Waals surface area contributed by atoms with Gasteiger partial charge < -0.3 is 15.0 Å². The average Bonchev–Trinajstić information content (AvgIpc) is 2.70. The summed E-state index contributed by atoms with van der Waals surface area (Å²) < 4.78 is 5.56. The molecule has 0 radical (unpaired) electrons. The highest BCUT2D eigenvalue weighted by Gasteiger charge is 2.18. The molecule has 1 amide bonds. The van der Waals surface area contributed by atoms with E-state index in [9.17, 15) is 14.9 Å². The van der Waals surface area contributed by atoms with Crippen LogP contribution in [-0.4, -0.2) is 30.0 Å². The maximum Gasteiger partial charge on any atom is 0.271 e. The van der Waals surface area contributed by atoms with Crippen LogP contribution in [0.1, 0.15) is 26.2 Å². The molecule has 0 aliphatic carbocycles. The van der Waals surface area contributed by atoms with Gasteiger partial charge in [-0.05, 0) is 56.5 Å². The zero-order chi connectivity index (χ0) is 20.1. The highest BCUT2D eigenvalue weighted by molar-refractivity contribution is 6.32. The van der Waals surface area contributed by atoms with Crippen LogP contribution >= 0.6 is 11.6 Å². The monoisotopic (exact) mass is 403 g/mol. The second-order valence-electron chi connectivity index (χ2n) is 6.72. The molecule has 0 unspecified atom stereocenters. The summed E-state index contributed by atoms with van der Waals surface area (Å²) in [5.41, 5.74) is 1.69. The third-order valence-corrected chi connectivity index (χ3v) is 4.95. The van der Waals surface area contributed by atoms with Gasteiger partial charge in [-0.15, -0.1) is 0 Å². The molecule has 28 heavy (non-hydrogen) atoms. The lowest BCUT2D eigenvalue weighted by Gasteiger charge is -2.28. The lowest BCUT2D eigenvalue weighted by atomic mass is 10.1. The number of nitrogens with one attached hydrogen (secondary N) is 1. The summed E-state index contributed by atoms with van der Waals surface area (Å²) in [5, 5.41) is 13.7. The Morgan fingerprint density at radius 3 is 2.46 bits per heavy atom. The molecule has 148 valence electrons. The first-order valence-electron chi connectivity index (χ1n) is 9.20. The number of piperidine rings is 1. The third kappa shape index (κ3) is 4.92. The molecule has 8 heteroatoms. The van der Waals surface area contributed by atoms with Gasteiger partial charge in [0.1, 0.15) is 5.75 Å². The molecule has 1 fully saturated rings. The predicted molar refractivity (Wildman–Crippen MR) is 109 cm³/mol. The zero-order valence-corrected chi connectivity index (χ0v) is 16.3. The third-order valence-electron chi connectivity index (χ3n) is 4.66. The van der Waals surface area contributed by atoms with Crippen LogP contribution in [0, 0.1) is 10.1 Å². The number of benzene rings is 2. The number of anilines is 2. The Morgan fingerprint density at radius 2 is 1.86 bits per heavy atom. The van der Waals surface area contributed by atoms with Crippen LogP contribution in [0.15, 0.2) is 42.5 Å². The van der Waals surface area contributed by atoms with Crippen LogP contribution in [-0.2, 0) is 4.79 Å². The minimum absolute atomic E-state index is 0.0831. The number of carbonyl (C=O) groups is 1. The lowest BCUT2D eigenvalue weighted by Crippen LogP contribution is -2.30. The molecule has 0 bridgehead atoms. The van der Waals surface area contributed by atoms with E-state index >= 15 is 0 Å². The normalized spacial score (nSPS) is 15.0. The molecule has 1 N–H and O–H groups in total. The van der Waals surface area contributed by atoms with E-state index in [4.69, 9.17) is 16.3 Å². The van der Waals surface area contributed by atoms with Crippen LogP contribution in [0.4, 0.5) is 17.1 Å². The van der Waals surface area contributed by atoms with Crippen LogP contribution in [0.25, 0.3) is 0 Å². The van der Waals surface area contributed by atoms with Gasteiger partial charge in [0.15, 0.2) is 6.10 Å². The number of ether oxygens (including phenoxy) is 1. The molecule has 1 aliphatic heterocycles. The van der Waals surface area contributed by atoms with Crippen molar-refractivity contribution < 1.29 is 14.5 Å². The van der Waals surface area contributed by atoms with E-state index in [1.807, 2.05) is 24.3 Å². The molecule has 0 saturated carbocycles. The number of nitrogens with zero attached hydrogens (tertiary/aromatic N) is 2. The Balaban J connectivity index is 1.58. The van der Waals surface area contributed by atoms with Crippen molar-refractivity contribution in [1.82, 2.24) is 0 Å². The fourth-order valence-corrected chi connectivity index (χ4v) is 3.31. The Bertz CT molecular complexity index is 851. The van der Waals surface area contributed by atoms with Gasteiger partial charge >= 0.3 is 0 Å². The second kappa shape index (κ2) is 8.93. The van der Waals surface area contributed by atoms with Crippen LogP contribution in [0.5, 0.6) is 5.75 Å². The fraction of sp³-hybridized carbons (Fsp3) is 0.350. The average molecular weight is 404 g/mol. The molecule has 7 nitrogen and oxygen atoms in total. The highest BCUT2D eigenvalue weighted by atomic mass is 35.5. The topological polar surface area (TPSA) is 84.7 Å². The highest BCUT2D eigenvalue weighted by Crippen LogP contribution is 2.29. The lowest BCUT2D eigenvalue weighted by molar-refractivity contribution is -0.384. The summed E-state index contributed by atoms with van der Waals surface area (Å²) in [5.74, 6) is -0.115. The number of carbonyl (C=O) groups excluding carboxylic acids is 1. The number of rotatable bonds is 6. The first-order chi connectivity index (χ1) is 13.4. The molecule has 0 spiro atoms. The van der Waals surface area contributed by atoms with Crippen molar-refractivity contribution in [3.63, 3.8) is 0 Å². The van der Waals surface area contributed by atoms with Gasteiger partial charge in [-0.1, -0.05) is 11.6 Å². The summed E-state index contributed by atoms with van der Waals surface area (Å²) in [7, 11) is 0. The molecule has 0 aromatic heterocycles. The minimum Gasteiger partial charge on any atom is -0.479 e. The molecule has 1 saturated heterocycles. The molecular weight excluding hydrogens is 382 g/mol. The quantitative estimate of drug-likeness (QED) is 0.560. The maximum absolute atomic E-state index is 12.4. The molecule has 1 aliphatic rings. The van der Waals surface area contributed by atoms with Crippen molar-refractivity contribution in [2.45, 2.75) is 32.3 Å². The van der Waals surface area contributed by atoms with E-state index in [-0.39, 0.29) is 22.4 Å². The fourth-order valence-electron chi connectivity index (χ4n) is 3.09. The Hall–Kier alpha value is -2.80. The number of amides is 1. The minimum atomic E-state index is -0.819. The number of hydrogen-bond acceptors (Lipinski definition) is 5. The smallest absolute Gasteiger partial charge is 0.271 e. The van der Waals surface area contributed by atoms with Gasteiger partial charge in [0, 0.05) is 36.6 Å². The second-order valence-corrected chi connectivity index (χ2v) is 7.12. The summed E-state index contributed by atoms with van der Waals surface area (Å²) in [6.07, 6.45) is 2.87. The number of hydrogen-bond donors (Lipinski definition) is 1. The maximum atomic E-state index is 12.4. The molecule has 2 aromatic rings. The molecule has 1 atom stereocenters. The van der Waals surface area contributed by atoms with Crippen molar-refractivity contribution in [3.05, 3.63) is 57.6 Å². The van der Waals surface area contributed by atoms with E-state index < -0.39 is 11.0 Å². The summed E-state index contributed by atoms with van der Waals surface area (Å²) in [4.78, 5) is 25.0. The standard InChI is InChI=1S/C20H22ClN3O4/c1-14(28-19-10-9-17(24(26)27)13-18(19)21)20(25)22-15-5-7-16(8-6-15)23-11-3-2-4-12-23/h5-10,13-14H,2-4,11-12H2,1H3,(H,22,25)/t14-/m1/s1. The first-order valence-corrected chi connectivity index (χ1v) is 9.58. The molecular formula is C20H22ClN3O4. The largest absolute Gasteiger partial charge is 0.479 e. The van der Waals surface area contributed by atoms with Crippen molar-refractivity contribution >= 4 is 34.6 Å². The van der Waals surface area contributed by atoms with E-state index in [0.29, 0.717) is 5.69 Å². The van der Waals surface area contributed by atoms with Crippen molar-refractivity contribution in [1.29, 1.82) is 0 Å². The van der Waals surface area contributed by atoms with Gasteiger partial charge in [0.05, 0.1) is 9.95 Å². The van der Waals surface area contributed by atoms with Crippen molar-refractivity contribution in [3.8, 4) is 5.75 Å². The Morgan fingerprint density at radius 1 is 1.18 bits per heavy atom. The Labute approximate surface area is 168 Å². The van der Waals surface area contributed by atoms with E-state index in [1.165, 1.54) is 37.5 Å². The zero-order valence-electron chi connectivity index (χ0n) is 15.6. The molecule has 1 heterocycles. The summed E-state index contributed by atoms with van der Waals surface area (Å²) in [6.45, 7) is 3.72. The molecule has 3 rings (SSSR count). The Kier molecular flexibility index (Phi) is 6.36. The number of nitro groups is 1. The summed E-state index contributed by atoms with van der Waals surface area (Å²) >= 11 is 6.01. The van der Waals surface area contributed by atoms with Gasteiger partial charge in [-0.3, -0.25) is 14.9 Å². The van der Waals surface area contributed by atoms with Gasteiger partial charge in [0.2, 0.25) is 0 Å². The number of non-ortho nitro benzene ring substituents is 1. The number of nitro benzene ring substituents is 1. The summed E-state index contributed by atoms with van der Waals surface area (Å²) in [6, 6.07) is 11.6. The number of halogens is 1.